The summed E-state index contributed by atoms with van der Waals surface area (Å²) in [6.07, 6.45) is 0.560. The summed E-state index contributed by atoms with van der Waals surface area (Å²) in [5, 5.41) is 19.3. The average Bonchev–Trinajstić information content (AvgIpc) is 2.80. The fourth-order valence-corrected chi connectivity index (χ4v) is 3.55. The van der Waals surface area contributed by atoms with Crippen LogP contribution in [0.15, 0.2) is 29.1 Å². The van der Waals surface area contributed by atoms with Crippen LogP contribution in [0.2, 0.25) is 10.0 Å². The van der Waals surface area contributed by atoms with E-state index in [-0.39, 0.29) is 6.54 Å². The van der Waals surface area contributed by atoms with Gasteiger partial charge in [0.25, 0.3) is 0 Å². The molecule has 0 aliphatic rings. The molecular weight excluding hydrogens is 405 g/mol. The maximum atomic E-state index is 10.4. The molecule has 2 heterocycles. The van der Waals surface area contributed by atoms with Gasteiger partial charge in [-0.2, -0.15) is 5.10 Å². The second kappa shape index (κ2) is 6.60. The predicted octanol–water partition coefficient (Wildman–Crippen LogP) is 3.58. The molecule has 1 atom stereocenters. The van der Waals surface area contributed by atoms with Crippen molar-refractivity contribution < 1.29 is 5.11 Å². The van der Waals surface area contributed by atoms with Crippen molar-refractivity contribution in [3.8, 4) is 0 Å². The second-order valence-corrected chi connectivity index (χ2v) is 6.43. The van der Waals surface area contributed by atoms with E-state index in [2.05, 4.69) is 36.3 Å². The Morgan fingerprint density at radius 2 is 2.00 bits per heavy atom. The van der Waals surface area contributed by atoms with Crippen molar-refractivity contribution in [2.45, 2.75) is 6.10 Å². The highest BCUT2D eigenvalue weighted by Gasteiger charge is 2.18. The summed E-state index contributed by atoms with van der Waals surface area (Å²) in [5.41, 5.74) is 1.17. The van der Waals surface area contributed by atoms with E-state index in [1.54, 1.807) is 29.9 Å². The number of halogens is 3. The van der Waals surface area contributed by atoms with Crippen LogP contribution in [0.1, 0.15) is 11.7 Å². The maximum Gasteiger partial charge on any atom is 0.164 e. The van der Waals surface area contributed by atoms with E-state index in [1.165, 1.54) is 6.33 Å². The summed E-state index contributed by atoms with van der Waals surface area (Å²) in [5.74, 6) is 0.567. The number of rotatable bonds is 4. The third kappa shape index (κ3) is 3.14. The highest BCUT2D eigenvalue weighted by atomic mass is 79.9. The number of nitrogens with zero attached hydrogens (tertiary/aromatic N) is 4. The third-order valence-electron chi connectivity index (χ3n) is 3.37. The number of fused-ring (bicyclic) bond motifs is 1. The van der Waals surface area contributed by atoms with Crippen molar-refractivity contribution in [3.05, 3.63) is 44.7 Å². The van der Waals surface area contributed by atoms with Crippen LogP contribution in [0.3, 0.4) is 0 Å². The number of nitrogens with one attached hydrogen (secondary N) is 1. The van der Waals surface area contributed by atoms with Crippen LogP contribution in [-0.4, -0.2) is 31.4 Å². The molecule has 0 amide bonds. The molecule has 0 saturated heterocycles. The van der Waals surface area contributed by atoms with Crippen molar-refractivity contribution in [1.82, 2.24) is 19.7 Å². The summed E-state index contributed by atoms with van der Waals surface area (Å²) in [6, 6.07) is 5.11. The molecule has 3 rings (SSSR count). The lowest BCUT2D eigenvalue weighted by Crippen LogP contribution is -2.14. The van der Waals surface area contributed by atoms with E-state index >= 15 is 0 Å². The van der Waals surface area contributed by atoms with Crippen LogP contribution in [0.4, 0.5) is 5.82 Å². The average molecular weight is 417 g/mol. The van der Waals surface area contributed by atoms with Gasteiger partial charge in [-0.1, -0.05) is 29.3 Å². The molecule has 1 aromatic carbocycles. The minimum Gasteiger partial charge on any atom is -0.386 e. The first kappa shape index (κ1) is 16.4. The summed E-state index contributed by atoms with van der Waals surface area (Å²) in [6.45, 7) is 0.191. The summed E-state index contributed by atoms with van der Waals surface area (Å²) in [4.78, 5) is 8.40. The van der Waals surface area contributed by atoms with E-state index in [4.69, 9.17) is 23.2 Å². The van der Waals surface area contributed by atoms with Crippen LogP contribution >= 0.6 is 39.1 Å². The van der Waals surface area contributed by atoms with Gasteiger partial charge in [0.2, 0.25) is 0 Å². The van der Waals surface area contributed by atoms with E-state index in [1.807, 2.05) is 0 Å². The molecule has 2 aromatic heterocycles. The predicted molar refractivity (Wildman–Crippen MR) is 93.9 cm³/mol. The van der Waals surface area contributed by atoms with Gasteiger partial charge in [0.15, 0.2) is 5.65 Å². The van der Waals surface area contributed by atoms with E-state index in [0.29, 0.717) is 31.7 Å². The molecule has 6 nitrogen and oxygen atoms in total. The summed E-state index contributed by atoms with van der Waals surface area (Å²) >= 11 is 15.6. The summed E-state index contributed by atoms with van der Waals surface area (Å²) in [7, 11) is 1.79. The molecule has 1 unspecified atom stereocenters. The number of aliphatic hydroxyl groups excluding tert-OH is 1. The lowest BCUT2D eigenvalue weighted by molar-refractivity contribution is 0.192. The second-order valence-electron chi connectivity index (χ2n) is 4.87. The van der Waals surface area contributed by atoms with Crippen LogP contribution in [0.25, 0.3) is 11.0 Å². The number of anilines is 1. The molecule has 120 valence electrons. The monoisotopic (exact) mass is 415 g/mol. The first-order valence-corrected chi connectivity index (χ1v) is 8.23. The van der Waals surface area contributed by atoms with Gasteiger partial charge >= 0.3 is 0 Å². The third-order valence-corrected chi connectivity index (χ3v) is 4.59. The Bertz CT molecular complexity index is 849. The van der Waals surface area contributed by atoms with Crippen molar-refractivity contribution >= 4 is 56.0 Å². The smallest absolute Gasteiger partial charge is 0.164 e. The zero-order chi connectivity index (χ0) is 16.6. The zero-order valence-electron chi connectivity index (χ0n) is 12.0. The lowest BCUT2D eigenvalue weighted by Gasteiger charge is -2.15. The van der Waals surface area contributed by atoms with Crippen LogP contribution in [-0.2, 0) is 7.05 Å². The number of aryl methyl sites for hydroxylation is 1. The van der Waals surface area contributed by atoms with Gasteiger partial charge in [-0.15, -0.1) is 0 Å². The van der Waals surface area contributed by atoms with Gasteiger partial charge in [0, 0.05) is 29.2 Å². The van der Waals surface area contributed by atoms with E-state index < -0.39 is 6.10 Å². The number of hydrogen-bond acceptors (Lipinski definition) is 5. The van der Waals surface area contributed by atoms with Crippen LogP contribution in [0.5, 0.6) is 0 Å². The van der Waals surface area contributed by atoms with Crippen LogP contribution < -0.4 is 5.32 Å². The SMILES string of the molecule is Cn1nc(Br)c2c(NCC(O)c3c(Cl)cccc3Cl)ncnc21. The van der Waals surface area contributed by atoms with E-state index in [9.17, 15) is 5.11 Å². The van der Waals surface area contributed by atoms with Gasteiger partial charge in [-0.3, -0.25) is 0 Å². The normalized spacial score (nSPS) is 12.6. The van der Waals surface area contributed by atoms with Crippen molar-refractivity contribution in [1.29, 1.82) is 0 Å². The fourth-order valence-electron chi connectivity index (χ4n) is 2.30. The Balaban J connectivity index is 1.87. The molecule has 0 saturated carbocycles. The van der Waals surface area contributed by atoms with Gasteiger partial charge in [-0.05, 0) is 28.1 Å². The highest BCUT2D eigenvalue weighted by Crippen LogP contribution is 2.31. The molecule has 0 bridgehead atoms. The Labute approximate surface area is 150 Å². The molecule has 2 N–H and O–H groups in total. The molecular formula is C14H12BrCl2N5O. The first-order valence-electron chi connectivity index (χ1n) is 6.68. The van der Waals surface area contributed by atoms with Crippen LogP contribution in [0, 0.1) is 0 Å². The first-order chi connectivity index (χ1) is 11.0. The molecule has 0 spiro atoms. The van der Waals surface area contributed by atoms with Crippen molar-refractivity contribution in [2.24, 2.45) is 7.05 Å². The minimum absolute atomic E-state index is 0.191. The molecule has 0 aliphatic carbocycles. The molecule has 23 heavy (non-hydrogen) atoms. The van der Waals surface area contributed by atoms with Crippen molar-refractivity contribution in [2.75, 3.05) is 11.9 Å². The number of aliphatic hydroxyl groups is 1. The molecule has 3 aromatic rings. The Morgan fingerprint density at radius 3 is 2.70 bits per heavy atom. The topological polar surface area (TPSA) is 75.9 Å². The Morgan fingerprint density at radius 1 is 1.30 bits per heavy atom. The lowest BCUT2D eigenvalue weighted by atomic mass is 10.1. The largest absolute Gasteiger partial charge is 0.386 e. The highest BCUT2D eigenvalue weighted by molar-refractivity contribution is 9.10. The standard InChI is InChI=1S/C14H12BrCl2N5O/c1-22-14-11(12(15)21-22)13(19-6-20-14)18-5-9(23)10-7(16)3-2-4-8(10)17/h2-4,6,9,23H,5H2,1H3,(H,18,19,20). The number of aromatic nitrogens is 4. The quantitative estimate of drug-likeness (QED) is 0.679. The van der Waals surface area contributed by atoms with Gasteiger partial charge < -0.3 is 10.4 Å². The fraction of sp³-hybridized carbons (Fsp3) is 0.214. The molecule has 0 aliphatic heterocycles. The van der Waals surface area contributed by atoms with Gasteiger partial charge in [0.1, 0.15) is 16.7 Å². The Kier molecular flexibility index (Phi) is 4.72. The Hall–Kier alpha value is -1.41. The minimum atomic E-state index is -0.878. The molecule has 0 radical (unpaired) electrons. The molecule has 0 fully saturated rings. The zero-order valence-corrected chi connectivity index (χ0v) is 15.1. The van der Waals surface area contributed by atoms with Gasteiger partial charge in [-0.25, -0.2) is 14.6 Å². The summed E-state index contributed by atoms with van der Waals surface area (Å²) < 4.78 is 2.27. The maximum absolute atomic E-state index is 10.4. The van der Waals surface area contributed by atoms with Gasteiger partial charge in [0.05, 0.1) is 11.5 Å². The molecule has 9 heteroatoms. The number of benzene rings is 1. The van der Waals surface area contributed by atoms with Crippen molar-refractivity contribution in [3.63, 3.8) is 0 Å². The van der Waals surface area contributed by atoms with E-state index in [0.717, 1.165) is 5.39 Å². The number of hydrogen-bond donors (Lipinski definition) is 2.